The van der Waals surface area contributed by atoms with Gasteiger partial charge in [-0.05, 0) is 61.1 Å². The number of alkyl halides is 3. The van der Waals surface area contributed by atoms with Crippen LogP contribution in [-0.2, 0) is 9.59 Å². The van der Waals surface area contributed by atoms with E-state index in [2.05, 4.69) is 4.98 Å². The summed E-state index contributed by atoms with van der Waals surface area (Å²) in [5, 5.41) is 1.91. The van der Waals surface area contributed by atoms with Gasteiger partial charge in [0.15, 0.2) is 5.78 Å². The minimum Gasteiger partial charge on any atom is -0.326 e. The maximum Gasteiger partial charge on any atom is 0.425 e. The molecule has 1 atom stereocenters. The van der Waals surface area contributed by atoms with Crippen molar-refractivity contribution in [3.8, 4) is 0 Å². The van der Waals surface area contributed by atoms with E-state index in [0.29, 0.717) is 0 Å². The fourth-order valence-corrected chi connectivity index (χ4v) is 4.63. The number of aryl methyl sites for hydroxylation is 2. The maximum absolute atomic E-state index is 14.8. The highest BCUT2D eigenvalue weighted by molar-refractivity contribution is 6.21. The summed E-state index contributed by atoms with van der Waals surface area (Å²) in [5.41, 5.74) is -3.17. The second-order valence-corrected chi connectivity index (χ2v) is 9.62. The number of ketones is 1. The van der Waals surface area contributed by atoms with Crippen molar-refractivity contribution in [3.63, 3.8) is 0 Å². The summed E-state index contributed by atoms with van der Waals surface area (Å²) in [7, 11) is 0. The van der Waals surface area contributed by atoms with Gasteiger partial charge in [0.25, 0.3) is 11.8 Å². The number of anilines is 1. The first-order valence-corrected chi connectivity index (χ1v) is 10.8. The van der Waals surface area contributed by atoms with E-state index in [1.807, 2.05) is 12.2 Å². The first kappa shape index (κ1) is 23.7. The first-order valence-electron chi connectivity index (χ1n) is 10.8. The number of nitrogens with zero attached hydrogens (tertiary/aromatic N) is 2. The predicted molar refractivity (Wildman–Crippen MR) is 119 cm³/mol. The average Bonchev–Trinajstić information content (AvgIpc) is 2.98. The summed E-state index contributed by atoms with van der Waals surface area (Å²) in [6, 6.07) is 7.54. The summed E-state index contributed by atoms with van der Waals surface area (Å²) in [4.78, 5) is 44.6. The van der Waals surface area contributed by atoms with Crippen molar-refractivity contribution in [1.29, 1.82) is 0 Å². The lowest BCUT2D eigenvalue weighted by atomic mass is 9.72. The SMILES string of the molecule is Cc1ccc(N2C(=O)[C@](NC(=O)c3cccnc3)(C(F)(F)F)C3=C2CC(C)(C)CC3=O)cc1C. The van der Waals surface area contributed by atoms with E-state index in [-0.39, 0.29) is 29.8 Å². The van der Waals surface area contributed by atoms with Crippen LogP contribution in [0.5, 0.6) is 0 Å². The van der Waals surface area contributed by atoms with Crippen LogP contribution < -0.4 is 10.2 Å². The van der Waals surface area contributed by atoms with E-state index in [1.54, 1.807) is 39.0 Å². The molecule has 1 aromatic carbocycles. The van der Waals surface area contributed by atoms with Gasteiger partial charge in [-0.15, -0.1) is 0 Å². The molecule has 0 unspecified atom stereocenters. The van der Waals surface area contributed by atoms with Crippen molar-refractivity contribution in [1.82, 2.24) is 10.3 Å². The molecule has 6 nitrogen and oxygen atoms in total. The number of rotatable bonds is 3. The van der Waals surface area contributed by atoms with Gasteiger partial charge in [0, 0.05) is 30.2 Å². The molecular weight excluding hydrogens is 447 g/mol. The van der Waals surface area contributed by atoms with Gasteiger partial charge in [-0.25, -0.2) is 0 Å². The van der Waals surface area contributed by atoms with E-state index in [0.717, 1.165) is 22.2 Å². The Morgan fingerprint density at radius 2 is 1.79 bits per heavy atom. The Hall–Kier alpha value is -3.49. The second-order valence-electron chi connectivity index (χ2n) is 9.62. The Kier molecular flexibility index (Phi) is 5.42. The van der Waals surface area contributed by atoms with Gasteiger partial charge in [0.05, 0.1) is 11.1 Å². The molecule has 0 saturated heterocycles. The molecular formula is C25H24F3N3O3. The summed E-state index contributed by atoms with van der Waals surface area (Å²) in [6.45, 7) is 7.15. The quantitative estimate of drug-likeness (QED) is 0.719. The lowest BCUT2D eigenvalue weighted by Crippen LogP contribution is -2.66. The molecule has 1 aliphatic heterocycles. The van der Waals surface area contributed by atoms with Crippen LogP contribution in [0.4, 0.5) is 18.9 Å². The van der Waals surface area contributed by atoms with Crippen LogP contribution >= 0.6 is 0 Å². The fourth-order valence-electron chi connectivity index (χ4n) is 4.63. The van der Waals surface area contributed by atoms with Crippen LogP contribution in [-0.4, -0.2) is 34.3 Å². The molecule has 4 rings (SSSR count). The smallest absolute Gasteiger partial charge is 0.326 e. The van der Waals surface area contributed by atoms with Crippen LogP contribution in [0.2, 0.25) is 0 Å². The summed E-state index contributed by atoms with van der Waals surface area (Å²) in [5.74, 6) is -3.38. The van der Waals surface area contributed by atoms with E-state index in [4.69, 9.17) is 0 Å². The average molecular weight is 471 g/mol. The zero-order chi connectivity index (χ0) is 25.1. The normalized spacial score (nSPS) is 22.1. The fraction of sp³-hybridized carbons (Fsp3) is 0.360. The van der Waals surface area contributed by atoms with Crippen molar-refractivity contribution in [2.24, 2.45) is 5.41 Å². The van der Waals surface area contributed by atoms with E-state index in [1.165, 1.54) is 18.3 Å². The summed E-state index contributed by atoms with van der Waals surface area (Å²) < 4.78 is 44.5. The molecule has 0 spiro atoms. The molecule has 2 aromatic rings. The van der Waals surface area contributed by atoms with Gasteiger partial charge in [-0.3, -0.25) is 24.3 Å². The van der Waals surface area contributed by atoms with Crippen LogP contribution in [0, 0.1) is 19.3 Å². The van der Waals surface area contributed by atoms with Crippen LogP contribution in [0.25, 0.3) is 0 Å². The standard InChI is InChI=1S/C25H24F3N3O3/c1-14-7-8-17(10-15(14)2)31-18-11-23(3,4)12-19(32)20(18)24(22(31)34,25(26,27)28)30-21(33)16-6-5-9-29-13-16/h5-10,13H,11-12H2,1-4H3,(H,30,33)/t24-/m0/s1. The molecule has 0 saturated carbocycles. The largest absolute Gasteiger partial charge is 0.425 e. The third-order valence-electron chi connectivity index (χ3n) is 6.42. The van der Waals surface area contributed by atoms with E-state index in [9.17, 15) is 27.6 Å². The number of halogens is 3. The highest BCUT2D eigenvalue weighted by Crippen LogP contribution is 2.53. The molecule has 2 heterocycles. The first-order chi connectivity index (χ1) is 15.8. The van der Waals surface area contributed by atoms with Gasteiger partial charge in [0.1, 0.15) is 0 Å². The summed E-state index contributed by atoms with van der Waals surface area (Å²) in [6.07, 6.45) is -2.92. The van der Waals surface area contributed by atoms with Crippen LogP contribution in [0.3, 0.4) is 0 Å². The number of carbonyl (C=O) groups is 3. The number of carbonyl (C=O) groups excluding carboxylic acids is 3. The highest BCUT2D eigenvalue weighted by atomic mass is 19.4. The Balaban J connectivity index is 1.96. The molecule has 1 aliphatic carbocycles. The minimum atomic E-state index is -5.27. The Morgan fingerprint density at radius 1 is 1.09 bits per heavy atom. The van der Waals surface area contributed by atoms with Crippen LogP contribution in [0.15, 0.2) is 54.0 Å². The zero-order valence-electron chi connectivity index (χ0n) is 19.2. The Labute approximate surface area is 194 Å². The lowest BCUT2D eigenvalue weighted by Gasteiger charge is -2.35. The number of nitrogens with one attached hydrogen (secondary N) is 1. The van der Waals surface area contributed by atoms with Gasteiger partial charge in [-0.2, -0.15) is 13.2 Å². The molecule has 1 N–H and O–H groups in total. The molecule has 1 aromatic heterocycles. The topological polar surface area (TPSA) is 79.4 Å². The van der Waals surface area contributed by atoms with Gasteiger partial charge in [0.2, 0.25) is 5.54 Å². The van der Waals surface area contributed by atoms with E-state index < -0.39 is 40.3 Å². The molecule has 0 bridgehead atoms. The zero-order valence-corrected chi connectivity index (χ0v) is 19.2. The molecule has 178 valence electrons. The number of hydrogen-bond donors (Lipinski definition) is 1. The number of hydrogen-bond acceptors (Lipinski definition) is 4. The predicted octanol–water partition coefficient (Wildman–Crippen LogP) is 4.42. The van der Waals surface area contributed by atoms with Gasteiger partial charge >= 0.3 is 6.18 Å². The van der Waals surface area contributed by atoms with Crippen molar-refractivity contribution in [3.05, 3.63) is 70.7 Å². The summed E-state index contributed by atoms with van der Waals surface area (Å²) >= 11 is 0. The minimum absolute atomic E-state index is 0.0293. The van der Waals surface area contributed by atoms with Crippen molar-refractivity contribution in [2.45, 2.75) is 52.3 Å². The van der Waals surface area contributed by atoms with Crippen LogP contribution in [0.1, 0.15) is 48.2 Å². The number of allylic oxidation sites excluding steroid dienone is 1. The molecule has 0 fully saturated rings. The van der Waals surface area contributed by atoms with E-state index >= 15 is 0 Å². The Bertz CT molecular complexity index is 1230. The molecule has 9 heteroatoms. The number of aromatic nitrogens is 1. The second kappa shape index (κ2) is 7.78. The third-order valence-corrected chi connectivity index (χ3v) is 6.42. The van der Waals surface area contributed by atoms with Crippen molar-refractivity contribution >= 4 is 23.3 Å². The molecule has 34 heavy (non-hydrogen) atoms. The third kappa shape index (κ3) is 3.59. The number of Topliss-reactive ketones (excluding diaryl/α,β-unsaturated/α-hetero) is 1. The lowest BCUT2D eigenvalue weighted by molar-refractivity contribution is -0.186. The monoisotopic (exact) mass is 471 g/mol. The molecule has 2 amide bonds. The van der Waals surface area contributed by atoms with Crippen molar-refractivity contribution in [2.75, 3.05) is 4.90 Å². The van der Waals surface area contributed by atoms with Gasteiger partial charge in [-0.1, -0.05) is 19.9 Å². The number of pyridine rings is 1. The molecule has 2 aliphatic rings. The van der Waals surface area contributed by atoms with Gasteiger partial charge < -0.3 is 5.32 Å². The highest BCUT2D eigenvalue weighted by Gasteiger charge is 2.72. The number of benzene rings is 1. The maximum atomic E-state index is 14.8. The number of amides is 2. The van der Waals surface area contributed by atoms with Crippen molar-refractivity contribution < 1.29 is 27.6 Å². The molecule has 0 radical (unpaired) electrons. The Morgan fingerprint density at radius 3 is 2.38 bits per heavy atom.